The van der Waals surface area contributed by atoms with Gasteiger partial charge < -0.3 is 11.1 Å². The van der Waals surface area contributed by atoms with E-state index >= 15 is 0 Å². The summed E-state index contributed by atoms with van der Waals surface area (Å²) < 4.78 is 0. The summed E-state index contributed by atoms with van der Waals surface area (Å²) in [4.78, 5) is 16.2. The van der Waals surface area contributed by atoms with Crippen LogP contribution in [-0.4, -0.2) is 67.1 Å². The summed E-state index contributed by atoms with van der Waals surface area (Å²) in [6.45, 7) is 12.3. The van der Waals surface area contributed by atoms with Crippen LogP contribution in [0.25, 0.3) is 0 Å². The van der Waals surface area contributed by atoms with E-state index in [9.17, 15) is 4.79 Å². The molecule has 5 nitrogen and oxygen atoms in total. The fourth-order valence-electron chi connectivity index (χ4n) is 2.54. The average molecular weight is 256 g/mol. The number of primary amides is 1. The Balaban J connectivity index is 2.42. The van der Waals surface area contributed by atoms with Crippen molar-refractivity contribution in [3.63, 3.8) is 0 Å². The van der Waals surface area contributed by atoms with Crippen LogP contribution in [0.15, 0.2) is 0 Å². The molecule has 0 aromatic carbocycles. The first kappa shape index (κ1) is 15.4. The van der Waals surface area contributed by atoms with Crippen LogP contribution < -0.4 is 11.1 Å². The number of amides is 1. The summed E-state index contributed by atoms with van der Waals surface area (Å²) in [5.74, 6) is -0.242. The zero-order valence-corrected chi connectivity index (χ0v) is 12.0. The summed E-state index contributed by atoms with van der Waals surface area (Å²) in [5.41, 5.74) is 5.44. The molecule has 1 aliphatic rings. The Morgan fingerprint density at radius 2 is 2.17 bits per heavy atom. The highest BCUT2D eigenvalue weighted by Gasteiger charge is 2.25. The third kappa shape index (κ3) is 4.55. The van der Waals surface area contributed by atoms with Crippen LogP contribution in [0.4, 0.5) is 0 Å². The third-order valence-corrected chi connectivity index (χ3v) is 3.68. The maximum atomic E-state index is 11.4. The van der Waals surface area contributed by atoms with E-state index in [2.05, 4.69) is 35.9 Å². The van der Waals surface area contributed by atoms with Gasteiger partial charge in [0.05, 0.1) is 6.04 Å². The summed E-state index contributed by atoms with van der Waals surface area (Å²) in [6, 6.07) is 0.341. The van der Waals surface area contributed by atoms with Crippen molar-refractivity contribution >= 4 is 5.91 Å². The minimum atomic E-state index is -0.242. The van der Waals surface area contributed by atoms with E-state index in [0.717, 1.165) is 45.7 Å². The quantitative estimate of drug-likeness (QED) is 0.666. The minimum Gasteiger partial charge on any atom is -0.368 e. The largest absolute Gasteiger partial charge is 0.368 e. The molecule has 18 heavy (non-hydrogen) atoms. The number of carbonyl (C=O) groups is 1. The predicted molar refractivity (Wildman–Crippen MR) is 74.4 cm³/mol. The molecule has 1 rings (SSSR count). The van der Waals surface area contributed by atoms with Crippen LogP contribution in [0, 0.1) is 0 Å². The summed E-state index contributed by atoms with van der Waals surface area (Å²) >= 11 is 0. The molecule has 0 bridgehead atoms. The normalized spacial score (nSPS) is 24.1. The fraction of sp³-hybridized carbons (Fsp3) is 0.923. The topological polar surface area (TPSA) is 61.6 Å². The molecule has 0 saturated carbocycles. The van der Waals surface area contributed by atoms with Gasteiger partial charge in [0.15, 0.2) is 0 Å². The highest BCUT2D eigenvalue weighted by molar-refractivity contribution is 5.80. The number of nitrogens with one attached hydrogen (secondary N) is 1. The lowest BCUT2D eigenvalue weighted by Crippen LogP contribution is -2.56. The van der Waals surface area contributed by atoms with Gasteiger partial charge in [-0.15, -0.1) is 0 Å². The molecule has 1 fully saturated rings. The molecule has 0 aliphatic carbocycles. The molecule has 3 N–H and O–H groups in total. The van der Waals surface area contributed by atoms with Gasteiger partial charge in [-0.05, 0) is 26.4 Å². The molecule has 1 saturated heterocycles. The van der Waals surface area contributed by atoms with Crippen molar-refractivity contribution in [1.29, 1.82) is 0 Å². The van der Waals surface area contributed by atoms with Crippen LogP contribution >= 0.6 is 0 Å². The monoisotopic (exact) mass is 256 g/mol. The Morgan fingerprint density at radius 1 is 1.44 bits per heavy atom. The van der Waals surface area contributed by atoms with Crippen molar-refractivity contribution in [2.24, 2.45) is 5.73 Å². The molecule has 2 unspecified atom stereocenters. The van der Waals surface area contributed by atoms with Gasteiger partial charge in [-0.2, -0.15) is 0 Å². The number of piperazine rings is 1. The zero-order chi connectivity index (χ0) is 13.5. The molecule has 106 valence electrons. The fourth-order valence-corrected chi connectivity index (χ4v) is 2.54. The van der Waals surface area contributed by atoms with Crippen molar-refractivity contribution in [3.05, 3.63) is 0 Å². The second kappa shape index (κ2) is 7.71. The van der Waals surface area contributed by atoms with Gasteiger partial charge in [0.1, 0.15) is 0 Å². The first-order valence-electron chi connectivity index (χ1n) is 7.07. The van der Waals surface area contributed by atoms with E-state index in [1.54, 1.807) is 0 Å². The maximum absolute atomic E-state index is 11.4. The molecule has 2 atom stereocenters. The van der Waals surface area contributed by atoms with E-state index in [1.807, 2.05) is 0 Å². The summed E-state index contributed by atoms with van der Waals surface area (Å²) in [6.07, 6.45) is 1.02. The number of hydrogen-bond donors (Lipinski definition) is 2. The molecular weight excluding hydrogens is 228 g/mol. The molecule has 1 amide bonds. The molecule has 0 radical (unpaired) electrons. The van der Waals surface area contributed by atoms with Crippen LogP contribution in [0.5, 0.6) is 0 Å². The molecule has 0 aromatic heterocycles. The van der Waals surface area contributed by atoms with E-state index in [-0.39, 0.29) is 11.9 Å². The highest BCUT2D eigenvalue weighted by Crippen LogP contribution is 2.09. The van der Waals surface area contributed by atoms with Crippen molar-refractivity contribution < 1.29 is 4.79 Å². The Morgan fingerprint density at radius 3 is 2.67 bits per heavy atom. The summed E-state index contributed by atoms with van der Waals surface area (Å²) in [7, 11) is 0. The van der Waals surface area contributed by atoms with Gasteiger partial charge in [-0.1, -0.05) is 13.8 Å². The van der Waals surface area contributed by atoms with E-state index < -0.39 is 0 Å². The molecular formula is C13H28N4O. The Hall–Kier alpha value is -0.650. The van der Waals surface area contributed by atoms with Crippen LogP contribution in [0.3, 0.4) is 0 Å². The number of nitrogens with two attached hydrogens (primary N) is 1. The van der Waals surface area contributed by atoms with Gasteiger partial charge in [0.25, 0.3) is 0 Å². The first-order valence-corrected chi connectivity index (χ1v) is 7.07. The second-order valence-electron chi connectivity index (χ2n) is 5.15. The van der Waals surface area contributed by atoms with E-state index in [4.69, 9.17) is 5.73 Å². The number of hydrogen-bond acceptors (Lipinski definition) is 4. The Labute approximate surface area is 111 Å². The van der Waals surface area contributed by atoms with Crippen molar-refractivity contribution in [2.75, 3.05) is 39.3 Å². The number of carbonyl (C=O) groups excluding carboxylic acids is 1. The maximum Gasteiger partial charge on any atom is 0.235 e. The smallest absolute Gasteiger partial charge is 0.235 e. The number of rotatable bonds is 7. The number of nitrogens with zero attached hydrogens (tertiary/aromatic N) is 2. The number of likely N-dealkylation sites (N-methyl/N-ethyl adjacent to an activating group) is 1. The van der Waals surface area contributed by atoms with Crippen molar-refractivity contribution in [1.82, 2.24) is 15.1 Å². The van der Waals surface area contributed by atoms with Gasteiger partial charge in [-0.25, -0.2) is 0 Å². The molecule has 0 spiro atoms. The van der Waals surface area contributed by atoms with Gasteiger partial charge in [0, 0.05) is 32.2 Å². The Kier molecular flexibility index (Phi) is 6.60. The average Bonchev–Trinajstić information content (AvgIpc) is 2.34. The van der Waals surface area contributed by atoms with Crippen LogP contribution in [0.1, 0.15) is 27.2 Å². The Bertz CT molecular complexity index is 259. The summed E-state index contributed by atoms with van der Waals surface area (Å²) in [5, 5.41) is 3.23. The molecule has 1 heterocycles. The van der Waals surface area contributed by atoms with E-state index in [0.29, 0.717) is 6.04 Å². The molecule has 5 heteroatoms. The lowest BCUT2D eigenvalue weighted by Gasteiger charge is -2.40. The van der Waals surface area contributed by atoms with Crippen molar-refractivity contribution in [2.45, 2.75) is 39.3 Å². The standard InChI is InChI=1S/C13H28N4O/c1-4-6-15-12(13(14)18)10-16-7-8-17(5-2)11(3)9-16/h11-12,15H,4-10H2,1-3H3,(H2,14,18). The van der Waals surface area contributed by atoms with E-state index in [1.165, 1.54) is 0 Å². The predicted octanol–water partition coefficient (Wildman–Crippen LogP) is -0.134. The first-order chi connectivity index (χ1) is 8.58. The van der Waals surface area contributed by atoms with Gasteiger partial charge in [-0.3, -0.25) is 14.6 Å². The van der Waals surface area contributed by atoms with Crippen LogP contribution in [-0.2, 0) is 4.79 Å². The van der Waals surface area contributed by atoms with Gasteiger partial charge in [0.2, 0.25) is 5.91 Å². The van der Waals surface area contributed by atoms with Gasteiger partial charge >= 0.3 is 0 Å². The second-order valence-corrected chi connectivity index (χ2v) is 5.15. The SMILES string of the molecule is CCCNC(CN1CCN(CC)C(C)C1)C(N)=O. The highest BCUT2D eigenvalue weighted by atomic mass is 16.1. The molecule has 0 aromatic rings. The lowest BCUT2D eigenvalue weighted by atomic mass is 10.1. The lowest BCUT2D eigenvalue weighted by molar-refractivity contribution is -0.120. The van der Waals surface area contributed by atoms with Crippen molar-refractivity contribution in [3.8, 4) is 0 Å². The third-order valence-electron chi connectivity index (χ3n) is 3.68. The van der Waals surface area contributed by atoms with Crippen LogP contribution in [0.2, 0.25) is 0 Å². The molecule has 1 aliphatic heterocycles. The zero-order valence-electron chi connectivity index (χ0n) is 12.0. The minimum absolute atomic E-state index is 0.217.